The number of methoxy groups -OCH3 is 1. The lowest BCUT2D eigenvalue weighted by Gasteiger charge is -2.26. The van der Waals surface area contributed by atoms with Gasteiger partial charge in [-0.25, -0.2) is 0 Å². The lowest BCUT2D eigenvalue weighted by atomic mass is 10.1. The van der Waals surface area contributed by atoms with E-state index in [2.05, 4.69) is 6.92 Å². The standard InChI is InChI=1S/C14H22N2O2/c1-5-8-16(10(2)3)14(17)11-6-7-12(15)13(9-11)18-4/h6-7,9-10H,5,8,15H2,1-4H3. The highest BCUT2D eigenvalue weighted by molar-refractivity contribution is 5.95. The second-order valence-corrected chi connectivity index (χ2v) is 4.55. The number of amides is 1. The molecule has 0 spiro atoms. The van der Waals surface area contributed by atoms with E-state index in [1.165, 1.54) is 0 Å². The Balaban J connectivity index is 3.01. The van der Waals surface area contributed by atoms with E-state index in [1.807, 2.05) is 18.7 Å². The van der Waals surface area contributed by atoms with Crippen LogP contribution in [0, 0.1) is 0 Å². The molecule has 4 heteroatoms. The average molecular weight is 250 g/mol. The molecule has 0 bridgehead atoms. The molecule has 18 heavy (non-hydrogen) atoms. The molecule has 1 rings (SSSR count). The van der Waals surface area contributed by atoms with Gasteiger partial charge in [-0.05, 0) is 38.5 Å². The fourth-order valence-electron chi connectivity index (χ4n) is 1.85. The number of carbonyl (C=O) groups is 1. The summed E-state index contributed by atoms with van der Waals surface area (Å²) in [7, 11) is 1.55. The van der Waals surface area contributed by atoms with Crippen LogP contribution in [0.5, 0.6) is 5.75 Å². The quantitative estimate of drug-likeness (QED) is 0.817. The predicted octanol–water partition coefficient (Wildman–Crippen LogP) is 2.54. The van der Waals surface area contributed by atoms with Crippen LogP contribution in [0.15, 0.2) is 18.2 Å². The molecular weight excluding hydrogens is 228 g/mol. The van der Waals surface area contributed by atoms with Crippen LogP contribution < -0.4 is 10.5 Å². The molecule has 1 amide bonds. The molecule has 0 atom stereocenters. The summed E-state index contributed by atoms with van der Waals surface area (Å²) in [5.41, 5.74) is 6.90. The van der Waals surface area contributed by atoms with E-state index in [9.17, 15) is 4.79 Å². The van der Waals surface area contributed by atoms with Crippen molar-refractivity contribution in [2.75, 3.05) is 19.4 Å². The van der Waals surface area contributed by atoms with Gasteiger partial charge in [-0.15, -0.1) is 0 Å². The Morgan fingerprint density at radius 1 is 1.44 bits per heavy atom. The van der Waals surface area contributed by atoms with E-state index in [4.69, 9.17) is 10.5 Å². The zero-order valence-electron chi connectivity index (χ0n) is 11.6. The number of benzene rings is 1. The number of hydrogen-bond donors (Lipinski definition) is 1. The van der Waals surface area contributed by atoms with Crippen LogP contribution in [0.25, 0.3) is 0 Å². The van der Waals surface area contributed by atoms with Crippen molar-refractivity contribution >= 4 is 11.6 Å². The highest BCUT2D eigenvalue weighted by atomic mass is 16.5. The SMILES string of the molecule is CCCN(C(=O)c1ccc(N)c(OC)c1)C(C)C. The number of anilines is 1. The summed E-state index contributed by atoms with van der Waals surface area (Å²) in [6.45, 7) is 6.85. The number of rotatable bonds is 5. The molecule has 0 saturated heterocycles. The van der Waals surface area contributed by atoms with Crippen molar-refractivity contribution in [3.63, 3.8) is 0 Å². The largest absolute Gasteiger partial charge is 0.495 e. The number of carbonyl (C=O) groups excluding carboxylic acids is 1. The smallest absolute Gasteiger partial charge is 0.254 e. The van der Waals surface area contributed by atoms with Crippen LogP contribution in [0.3, 0.4) is 0 Å². The first-order valence-corrected chi connectivity index (χ1v) is 6.25. The molecule has 0 radical (unpaired) electrons. The van der Waals surface area contributed by atoms with Gasteiger partial charge >= 0.3 is 0 Å². The fourth-order valence-corrected chi connectivity index (χ4v) is 1.85. The van der Waals surface area contributed by atoms with Gasteiger partial charge in [0.2, 0.25) is 0 Å². The Kier molecular flexibility index (Phi) is 5.01. The van der Waals surface area contributed by atoms with Crippen LogP contribution in [0.1, 0.15) is 37.6 Å². The van der Waals surface area contributed by atoms with Gasteiger partial charge in [0, 0.05) is 18.2 Å². The molecule has 1 aromatic rings. The molecule has 0 saturated carbocycles. The first kappa shape index (κ1) is 14.4. The molecule has 0 aliphatic heterocycles. The summed E-state index contributed by atoms with van der Waals surface area (Å²) < 4.78 is 5.14. The van der Waals surface area contributed by atoms with E-state index in [-0.39, 0.29) is 11.9 Å². The van der Waals surface area contributed by atoms with Crippen LogP contribution in [-0.2, 0) is 0 Å². The van der Waals surface area contributed by atoms with Crippen molar-refractivity contribution in [3.05, 3.63) is 23.8 Å². The van der Waals surface area contributed by atoms with E-state index in [1.54, 1.807) is 25.3 Å². The highest BCUT2D eigenvalue weighted by Crippen LogP contribution is 2.23. The minimum atomic E-state index is 0.0187. The maximum atomic E-state index is 12.4. The Bertz CT molecular complexity index is 416. The van der Waals surface area contributed by atoms with Crippen molar-refractivity contribution in [1.29, 1.82) is 0 Å². The summed E-state index contributed by atoms with van der Waals surface area (Å²) in [5.74, 6) is 0.561. The lowest BCUT2D eigenvalue weighted by Crippen LogP contribution is -2.37. The van der Waals surface area contributed by atoms with Gasteiger partial charge in [0.05, 0.1) is 12.8 Å². The molecule has 0 aliphatic carbocycles. The maximum Gasteiger partial charge on any atom is 0.254 e. The third-order valence-corrected chi connectivity index (χ3v) is 2.83. The van der Waals surface area contributed by atoms with Gasteiger partial charge in [0.15, 0.2) is 0 Å². The van der Waals surface area contributed by atoms with Crippen molar-refractivity contribution < 1.29 is 9.53 Å². The maximum absolute atomic E-state index is 12.4. The summed E-state index contributed by atoms with van der Waals surface area (Å²) in [5, 5.41) is 0. The summed E-state index contributed by atoms with van der Waals surface area (Å²) in [4.78, 5) is 14.2. The van der Waals surface area contributed by atoms with Crippen LogP contribution in [-0.4, -0.2) is 30.5 Å². The van der Waals surface area contributed by atoms with Crippen LogP contribution in [0.4, 0.5) is 5.69 Å². The van der Waals surface area contributed by atoms with E-state index < -0.39 is 0 Å². The zero-order valence-corrected chi connectivity index (χ0v) is 11.6. The monoisotopic (exact) mass is 250 g/mol. The number of ether oxygens (including phenoxy) is 1. The minimum Gasteiger partial charge on any atom is -0.495 e. The fraction of sp³-hybridized carbons (Fsp3) is 0.500. The number of nitrogens with two attached hydrogens (primary N) is 1. The van der Waals surface area contributed by atoms with E-state index in [0.717, 1.165) is 13.0 Å². The minimum absolute atomic E-state index is 0.0187. The first-order chi connectivity index (χ1) is 8.51. The molecule has 0 unspecified atom stereocenters. The molecule has 1 aromatic carbocycles. The molecule has 0 fully saturated rings. The highest BCUT2D eigenvalue weighted by Gasteiger charge is 2.18. The molecule has 2 N–H and O–H groups in total. The number of nitrogens with zero attached hydrogens (tertiary/aromatic N) is 1. The second kappa shape index (κ2) is 6.28. The normalized spacial score (nSPS) is 10.5. The third kappa shape index (κ3) is 3.15. The number of hydrogen-bond acceptors (Lipinski definition) is 3. The Morgan fingerprint density at radius 3 is 2.61 bits per heavy atom. The lowest BCUT2D eigenvalue weighted by molar-refractivity contribution is 0.0705. The van der Waals surface area contributed by atoms with Gasteiger partial charge in [-0.1, -0.05) is 6.92 Å². The van der Waals surface area contributed by atoms with Crippen molar-refractivity contribution in [3.8, 4) is 5.75 Å². The van der Waals surface area contributed by atoms with Crippen molar-refractivity contribution in [1.82, 2.24) is 4.90 Å². The topological polar surface area (TPSA) is 55.6 Å². The van der Waals surface area contributed by atoms with Gasteiger partial charge in [-0.2, -0.15) is 0 Å². The first-order valence-electron chi connectivity index (χ1n) is 6.25. The molecule has 100 valence electrons. The van der Waals surface area contributed by atoms with Gasteiger partial charge in [-0.3, -0.25) is 4.79 Å². The summed E-state index contributed by atoms with van der Waals surface area (Å²) in [6, 6.07) is 5.32. The Labute approximate surface area is 109 Å². The Morgan fingerprint density at radius 2 is 2.11 bits per heavy atom. The molecule has 0 aliphatic rings. The molecule has 4 nitrogen and oxygen atoms in total. The molecule has 0 heterocycles. The van der Waals surface area contributed by atoms with E-state index >= 15 is 0 Å². The van der Waals surface area contributed by atoms with Gasteiger partial charge in [0.1, 0.15) is 5.75 Å². The molecular formula is C14H22N2O2. The molecule has 0 aromatic heterocycles. The predicted molar refractivity (Wildman–Crippen MR) is 73.9 cm³/mol. The van der Waals surface area contributed by atoms with Gasteiger partial charge < -0.3 is 15.4 Å². The van der Waals surface area contributed by atoms with Crippen LogP contribution in [0.2, 0.25) is 0 Å². The van der Waals surface area contributed by atoms with Gasteiger partial charge in [0.25, 0.3) is 5.91 Å². The summed E-state index contributed by atoms with van der Waals surface area (Å²) in [6.07, 6.45) is 0.941. The van der Waals surface area contributed by atoms with E-state index in [0.29, 0.717) is 17.0 Å². The second-order valence-electron chi connectivity index (χ2n) is 4.55. The van der Waals surface area contributed by atoms with Crippen molar-refractivity contribution in [2.24, 2.45) is 0 Å². The van der Waals surface area contributed by atoms with Crippen molar-refractivity contribution in [2.45, 2.75) is 33.2 Å². The van der Waals surface area contributed by atoms with Crippen LogP contribution >= 0.6 is 0 Å². The number of nitrogen functional groups attached to an aromatic ring is 1. The zero-order chi connectivity index (χ0) is 13.7. The third-order valence-electron chi connectivity index (χ3n) is 2.83. The summed E-state index contributed by atoms with van der Waals surface area (Å²) >= 11 is 0. The average Bonchev–Trinajstić information content (AvgIpc) is 2.35. The Hall–Kier alpha value is -1.71.